The highest BCUT2D eigenvalue weighted by atomic mass is 32.1. The van der Waals surface area contributed by atoms with E-state index in [-0.39, 0.29) is 17.0 Å². The number of benzene rings is 1. The minimum Gasteiger partial charge on any atom is -0.495 e. The van der Waals surface area contributed by atoms with Gasteiger partial charge in [0.15, 0.2) is 4.96 Å². The number of aromatic nitrogens is 2. The zero-order valence-electron chi connectivity index (χ0n) is 15.2. The van der Waals surface area contributed by atoms with Crippen LogP contribution in [0.25, 0.3) is 4.96 Å². The number of carbonyl (C=O) groups is 1. The van der Waals surface area contributed by atoms with E-state index in [1.165, 1.54) is 21.9 Å². The van der Waals surface area contributed by atoms with E-state index < -0.39 is 0 Å². The number of hydrogen-bond donors (Lipinski definition) is 0. The lowest BCUT2D eigenvalue weighted by atomic mass is 10.2. The number of para-hydroxylation sites is 2. The summed E-state index contributed by atoms with van der Waals surface area (Å²) >= 11 is 1.39. The Morgan fingerprint density at radius 2 is 1.93 bits per heavy atom. The summed E-state index contributed by atoms with van der Waals surface area (Å²) in [5, 5.41) is 1.87. The summed E-state index contributed by atoms with van der Waals surface area (Å²) in [4.78, 5) is 34.4. The van der Waals surface area contributed by atoms with Crippen LogP contribution in [-0.2, 0) is 0 Å². The van der Waals surface area contributed by atoms with E-state index in [1.807, 2.05) is 36.6 Å². The van der Waals surface area contributed by atoms with Crippen molar-refractivity contribution in [2.45, 2.75) is 6.92 Å². The van der Waals surface area contributed by atoms with Gasteiger partial charge in [0.25, 0.3) is 11.5 Å². The van der Waals surface area contributed by atoms with Gasteiger partial charge in [-0.15, -0.1) is 11.3 Å². The summed E-state index contributed by atoms with van der Waals surface area (Å²) in [7, 11) is 1.65. The molecular formula is C19H20N4O3S. The standard InChI is InChI=1S/C19H20N4O3S/c1-13-12-27-19-20-11-14(18(25)23(13)19)17(24)22-9-7-21(8-10-22)15-5-3-4-6-16(15)26-2/h3-6,11-12H,7-10H2,1-2H3. The van der Waals surface area contributed by atoms with E-state index in [2.05, 4.69) is 9.88 Å². The summed E-state index contributed by atoms with van der Waals surface area (Å²) in [5.41, 5.74) is 1.64. The van der Waals surface area contributed by atoms with Crippen LogP contribution in [0.2, 0.25) is 0 Å². The molecule has 1 amide bonds. The Labute approximate surface area is 160 Å². The summed E-state index contributed by atoms with van der Waals surface area (Å²) in [6, 6.07) is 7.85. The quantitative estimate of drug-likeness (QED) is 0.691. The van der Waals surface area contributed by atoms with Crippen molar-refractivity contribution in [2.24, 2.45) is 0 Å². The van der Waals surface area contributed by atoms with Crippen LogP contribution in [0.4, 0.5) is 5.69 Å². The molecule has 0 spiro atoms. The molecule has 140 valence electrons. The number of anilines is 1. The average molecular weight is 384 g/mol. The third-order valence-electron chi connectivity index (χ3n) is 4.84. The molecule has 2 aromatic heterocycles. The molecule has 27 heavy (non-hydrogen) atoms. The molecule has 0 atom stereocenters. The van der Waals surface area contributed by atoms with Crippen molar-refractivity contribution in [3.63, 3.8) is 0 Å². The average Bonchev–Trinajstić information content (AvgIpc) is 3.09. The lowest BCUT2D eigenvalue weighted by Crippen LogP contribution is -2.49. The summed E-state index contributed by atoms with van der Waals surface area (Å²) in [6.07, 6.45) is 1.41. The first kappa shape index (κ1) is 17.5. The molecule has 3 heterocycles. The number of piperazine rings is 1. The number of ether oxygens (including phenoxy) is 1. The van der Waals surface area contributed by atoms with Crippen molar-refractivity contribution >= 4 is 27.9 Å². The lowest BCUT2D eigenvalue weighted by Gasteiger charge is -2.36. The maximum absolute atomic E-state index is 12.9. The van der Waals surface area contributed by atoms with E-state index in [1.54, 1.807) is 12.0 Å². The van der Waals surface area contributed by atoms with Crippen LogP contribution < -0.4 is 15.2 Å². The van der Waals surface area contributed by atoms with Crippen LogP contribution in [0.15, 0.2) is 40.6 Å². The molecule has 0 N–H and O–H groups in total. The number of fused-ring (bicyclic) bond motifs is 1. The minimum atomic E-state index is -0.295. The first-order chi connectivity index (χ1) is 13.1. The van der Waals surface area contributed by atoms with E-state index in [4.69, 9.17) is 4.74 Å². The van der Waals surface area contributed by atoms with E-state index in [9.17, 15) is 9.59 Å². The number of rotatable bonds is 3. The monoisotopic (exact) mass is 384 g/mol. The van der Waals surface area contributed by atoms with Gasteiger partial charge in [-0.25, -0.2) is 4.98 Å². The number of aryl methyl sites for hydroxylation is 1. The Hall–Kier alpha value is -2.87. The van der Waals surface area contributed by atoms with Crippen LogP contribution in [0.3, 0.4) is 0 Å². The number of amides is 1. The van der Waals surface area contributed by atoms with Crippen molar-refractivity contribution in [3.8, 4) is 5.75 Å². The molecule has 1 fully saturated rings. The highest BCUT2D eigenvalue weighted by molar-refractivity contribution is 7.15. The SMILES string of the molecule is COc1ccccc1N1CCN(C(=O)c2cnc3scc(C)n3c2=O)CC1. The summed E-state index contributed by atoms with van der Waals surface area (Å²) in [5.74, 6) is 0.560. The van der Waals surface area contributed by atoms with Crippen molar-refractivity contribution in [1.82, 2.24) is 14.3 Å². The Kier molecular flexibility index (Phi) is 4.57. The molecule has 0 aliphatic carbocycles. The Bertz CT molecular complexity index is 1050. The maximum Gasteiger partial charge on any atom is 0.271 e. The Morgan fingerprint density at radius 1 is 1.19 bits per heavy atom. The largest absolute Gasteiger partial charge is 0.495 e. The second-order valence-corrected chi connectivity index (χ2v) is 7.26. The molecule has 8 heteroatoms. The molecule has 7 nitrogen and oxygen atoms in total. The molecule has 0 bridgehead atoms. The fourth-order valence-corrected chi connectivity index (χ4v) is 4.21. The fraction of sp³-hybridized carbons (Fsp3) is 0.316. The highest BCUT2D eigenvalue weighted by Gasteiger charge is 2.26. The molecule has 0 radical (unpaired) electrons. The number of carbonyl (C=O) groups excluding carboxylic acids is 1. The second-order valence-electron chi connectivity index (χ2n) is 6.42. The van der Waals surface area contributed by atoms with Crippen molar-refractivity contribution in [3.05, 3.63) is 57.5 Å². The van der Waals surface area contributed by atoms with Crippen LogP contribution in [-0.4, -0.2) is 53.5 Å². The zero-order valence-corrected chi connectivity index (χ0v) is 16.0. The predicted molar refractivity (Wildman–Crippen MR) is 105 cm³/mol. The van der Waals surface area contributed by atoms with Crippen LogP contribution >= 0.6 is 11.3 Å². The third kappa shape index (κ3) is 3.06. The van der Waals surface area contributed by atoms with Crippen molar-refractivity contribution < 1.29 is 9.53 Å². The van der Waals surface area contributed by atoms with Gasteiger partial charge in [0.1, 0.15) is 11.3 Å². The summed E-state index contributed by atoms with van der Waals surface area (Å²) in [6.45, 7) is 4.29. The first-order valence-corrected chi connectivity index (χ1v) is 9.61. The molecule has 1 saturated heterocycles. The second kappa shape index (κ2) is 7.03. The van der Waals surface area contributed by atoms with Crippen LogP contribution in [0, 0.1) is 6.92 Å². The molecular weight excluding hydrogens is 364 g/mol. The molecule has 1 aliphatic heterocycles. The minimum absolute atomic E-state index is 0.125. The summed E-state index contributed by atoms with van der Waals surface area (Å²) < 4.78 is 6.93. The number of methoxy groups -OCH3 is 1. The molecule has 3 aromatic rings. The third-order valence-corrected chi connectivity index (χ3v) is 5.80. The van der Waals surface area contributed by atoms with Gasteiger partial charge in [-0.3, -0.25) is 14.0 Å². The molecule has 0 saturated carbocycles. The van der Waals surface area contributed by atoms with Crippen LogP contribution in [0.1, 0.15) is 16.1 Å². The van der Waals surface area contributed by atoms with E-state index in [0.29, 0.717) is 31.1 Å². The zero-order chi connectivity index (χ0) is 19.0. The molecule has 1 aromatic carbocycles. The maximum atomic E-state index is 12.9. The Morgan fingerprint density at radius 3 is 2.67 bits per heavy atom. The van der Waals surface area contributed by atoms with Crippen molar-refractivity contribution in [2.75, 3.05) is 38.2 Å². The topological polar surface area (TPSA) is 67.2 Å². The normalized spacial score (nSPS) is 14.6. The number of thiazole rings is 1. The molecule has 1 aliphatic rings. The van der Waals surface area contributed by atoms with Gasteiger partial charge in [-0.2, -0.15) is 0 Å². The molecule has 4 rings (SSSR count). The van der Waals surface area contributed by atoms with Gasteiger partial charge in [-0.05, 0) is 19.1 Å². The van der Waals surface area contributed by atoms with E-state index >= 15 is 0 Å². The molecule has 0 unspecified atom stereocenters. The van der Waals surface area contributed by atoms with Gasteiger partial charge in [0.05, 0.1) is 12.8 Å². The van der Waals surface area contributed by atoms with Gasteiger partial charge in [0, 0.05) is 43.4 Å². The van der Waals surface area contributed by atoms with Gasteiger partial charge >= 0.3 is 0 Å². The number of nitrogens with zero attached hydrogens (tertiary/aromatic N) is 4. The Balaban J connectivity index is 1.53. The van der Waals surface area contributed by atoms with Gasteiger partial charge in [-0.1, -0.05) is 12.1 Å². The van der Waals surface area contributed by atoms with Gasteiger partial charge in [0.2, 0.25) is 0 Å². The van der Waals surface area contributed by atoms with Crippen LogP contribution in [0.5, 0.6) is 5.75 Å². The number of hydrogen-bond acceptors (Lipinski definition) is 6. The predicted octanol–water partition coefficient (Wildman–Crippen LogP) is 2.04. The highest BCUT2D eigenvalue weighted by Crippen LogP contribution is 2.28. The van der Waals surface area contributed by atoms with E-state index in [0.717, 1.165) is 17.1 Å². The smallest absolute Gasteiger partial charge is 0.271 e. The van der Waals surface area contributed by atoms with Crippen molar-refractivity contribution in [1.29, 1.82) is 0 Å². The lowest BCUT2D eigenvalue weighted by molar-refractivity contribution is 0.0744. The van der Waals surface area contributed by atoms with Gasteiger partial charge < -0.3 is 14.5 Å². The first-order valence-electron chi connectivity index (χ1n) is 8.73. The fourth-order valence-electron chi connectivity index (χ4n) is 3.38.